The lowest BCUT2D eigenvalue weighted by molar-refractivity contribution is 0.0474. The Morgan fingerprint density at radius 3 is 2.31 bits per heavy atom. The van der Waals surface area contributed by atoms with E-state index in [1.54, 1.807) is 24.3 Å². The first kappa shape index (κ1) is 21.0. The fourth-order valence-electron chi connectivity index (χ4n) is 3.11. The molecule has 0 radical (unpaired) electrons. The van der Waals surface area contributed by atoms with E-state index >= 15 is 0 Å². The van der Waals surface area contributed by atoms with Crippen molar-refractivity contribution in [3.05, 3.63) is 59.7 Å². The molecule has 1 saturated heterocycles. The van der Waals surface area contributed by atoms with E-state index in [-0.39, 0.29) is 16.2 Å². The fourth-order valence-corrected chi connectivity index (χ4v) is 4.63. The molecule has 0 saturated carbocycles. The summed E-state index contributed by atoms with van der Waals surface area (Å²) < 4.78 is 36.9. The Kier molecular flexibility index (Phi) is 6.66. The SMILES string of the molecule is COc1cccc(C(=O)COC(=O)c2ccc(S(=O)(=O)N3CCCCC3)cc2)c1. The Balaban J connectivity index is 1.62. The minimum atomic E-state index is -3.56. The highest BCUT2D eigenvalue weighted by molar-refractivity contribution is 7.89. The van der Waals surface area contributed by atoms with Crippen LogP contribution in [0.5, 0.6) is 5.75 Å². The fraction of sp³-hybridized carbons (Fsp3) is 0.333. The third-order valence-corrected chi connectivity index (χ3v) is 6.68. The standard InChI is InChI=1S/C21H23NO6S/c1-27-18-7-5-6-17(14-18)20(23)15-28-21(24)16-8-10-19(11-9-16)29(25,26)22-12-3-2-4-13-22/h5-11,14H,2-4,12-13,15H2,1H3. The smallest absolute Gasteiger partial charge is 0.338 e. The number of Topliss-reactive ketones (excluding diaryl/α,β-unsaturated/α-hetero) is 1. The average molecular weight is 417 g/mol. The molecule has 8 heteroatoms. The molecule has 0 spiro atoms. The van der Waals surface area contributed by atoms with Gasteiger partial charge in [0.15, 0.2) is 12.4 Å². The van der Waals surface area contributed by atoms with Crippen LogP contribution in [0.4, 0.5) is 0 Å². The van der Waals surface area contributed by atoms with Gasteiger partial charge < -0.3 is 9.47 Å². The first-order valence-corrected chi connectivity index (χ1v) is 10.8. The summed E-state index contributed by atoms with van der Waals surface area (Å²) in [7, 11) is -2.06. The van der Waals surface area contributed by atoms with Gasteiger partial charge in [0.1, 0.15) is 5.75 Å². The van der Waals surface area contributed by atoms with Gasteiger partial charge in [-0.25, -0.2) is 13.2 Å². The van der Waals surface area contributed by atoms with E-state index < -0.39 is 22.6 Å². The number of ketones is 1. The molecule has 3 rings (SSSR count). The molecule has 0 aromatic heterocycles. The maximum atomic E-state index is 12.6. The molecule has 0 unspecified atom stereocenters. The molecule has 0 aliphatic carbocycles. The number of carbonyl (C=O) groups excluding carboxylic acids is 2. The van der Waals surface area contributed by atoms with E-state index in [2.05, 4.69) is 0 Å². The van der Waals surface area contributed by atoms with Gasteiger partial charge in [-0.1, -0.05) is 18.6 Å². The highest BCUT2D eigenvalue weighted by Crippen LogP contribution is 2.21. The number of carbonyl (C=O) groups is 2. The predicted octanol–water partition coefficient (Wildman–Crippen LogP) is 2.91. The van der Waals surface area contributed by atoms with Crippen molar-refractivity contribution in [3.63, 3.8) is 0 Å². The van der Waals surface area contributed by atoms with E-state index in [9.17, 15) is 18.0 Å². The number of esters is 1. The Morgan fingerprint density at radius 2 is 1.66 bits per heavy atom. The Bertz CT molecular complexity index is 978. The Hall–Kier alpha value is -2.71. The van der Waals surface area contributed by atoms with Crippen LogP contribution in [0.25, 0.3) is 0 Å². The summed E-state index contributed by atoms with van der Waals surface area (Å²) >= 11 is 0. The lowest BCUT2D eigenvalue weighted by atomic mass is 10.1. The van der Waals surface area contributed by atoms with Gasteiger partial charge in [0.05, 0.1) is 17.6 Å². The topological polar surface area (TPSA) is 90.0 Å². The minimum absolute atomic E-state index is 0.142. The largest absolute Gasteiger partial charge is 0.497 e. The molecular formula is C21H23NO6S. The third-order valence-electron chi connectivity index (χ3n) is 4.77. The van der Waals surface area contributed by atoms with Crippen LogP contribution in [-0.4, -0.2) is 51.3 Å². The Morgan fingerprint density at radius 1 is 0.966 bits per heavy atom. The average Bonchev–Trinajstić information content (AvgIpc) is 2.78. The number of ether oxygens (including phenoxy) is 2. The number of methoxy groups -OCH3 is 1. The molecule has 0 bridgehead atoms. The van der Waals surface area contributed by atoms with Gasteiger partial charge in [-0.15, -0.1) is 0 Å². The quantitative estimate of drug-likeness (QED) is 0.508. The van der Waals surface area contributed by atoms with Gasteiger partial charge in [0, 0.05) is 18.7 Å². The lowest BCUT2D eigenvalue weighted by Gasteiger charge is -2.25. The van der Waals surface area contributed by atoms with Gasteiger partial charge in [0.2, 0.25) is 10.0 Å². The summed E-state index contributed by atoms with van der Waals surface area (Å²) in [5.41, 5.74) is 0.557. The van der Waals surface area contributed by atoms with E-state index in [1.165, 1.54) is 35.7 Å². The van der Waals surface area contributed by atoms with Crippen molar-refractivity contribution in [2.45, 2.75) is 24.2 Å². The molecule has 0 atom stereocenters. The van der Waals surface area contributed by atoms with Crippen LogP contribution < -0.4 is 4.74 Å². The van der Waals surface area contributed by atoms with Crippen LogP contribution in [0.3, 0.4) is 0 Å². The zero-order chi connectivity index (χ0) is 20.9. The summed E-state index contributed by atoms with van der Waals surface area (Å²) in [6.07, 6.45) is 2.74. The molecule has 29 heavy (non-hydrogen) atoms. The van der Waals surface area contributed by atoms with Crippen LogP contribution >= 0.6 is 0 Å². The van der Waals surface area contributed by atoms with Gasteiger partial charge in [-0.05, 0) is 49.2 Å². The second kappa shape index (κ2) is 9.19. The van der Waals surface area contributed by atoms with Crippen molar-refractivity contribution in [2.24, 2.45) is 0 Å². The van der Waals surface area contributed by atoms with Crippen LogP contribution in [0, 0.1) is 0 Å². The number of nitrogens with zero attached hydrogens (tertiary/aromatic N) is 1. The molecule has 1 fully saturated rings. The predicted molar refractivity (Wildman–Crippen MR) is 107 cm³/mol. The summed E-state index contributed by atoms with van der Waals surface area (Å²) in [6, 6.07) is 12.1. The second-order valence-corrected chi connectivity index (χ2v) is 8.66. The maximum Gasteiger partial charge on any atom is 0.338 e. The summed E-state index contributed by atoms with van der Waals surface area (Å²) in [5, 5.41) is 0. The van der Waals surface area contributed by atoms with Crippen LogP contribution in [0.1, 0.15) is 40.0 Å². The molecule has 1 aliphatic heterocycles. The number of rotatable bonds is 7. The van der Waals surface area contributed by atoms with E-state index in [1.807, 2.05) is 0 Å². The maximum absolute atomic E-state index is 12.6. The number of sulfonamides is 1. The van der Waals surface area contributed by atoms with Gasteiger partial charge >= 0.3 is 5.97 Å². The normalized spacial score (nSPS) is 14.9. The molecule has 1 aliphatic rings. The van der Waals surface area contributed by atoms with Gasteiger partial charge in [0.25, 0.3) is 0 Å². The van der Waals surface area contributed by atoms with Crippen molar-refractivity contribution >= 4 is 21.8 Å². The monoisotopic (exact) mass is 417 g/mol. The Labute approximate surface area is 170 Å². The molecule has 1 heterocycles. The zero-order valence-electron chi connectivity index (χ0n) is 16.2. The number of benzene rings is 2. The number of hydrogen-bond donors (Lipinski definition) is 0. The van der Waals surface area contributed by atoms with Gasteiger partial charge in [-0.2, -0.15) is 4.31 Å². The number of piperidine rings is 1. The van der Waals surface area contributed by atoms with E-state index in [4.69, 9.17) is 9.47 Å². The van der Waals surface area contributed by atoms with Crippen molar-refractivity contribution in [2.75, 3.05) is 26.8 Å². The van der Waals surface area contributed by atoms with E-state index in [0.717, 1.165) is 19.3 Å². The van der Waals surface area contributed by atoms with Crippen molar-refractivity contribution in [1.82, 2.24) is 4.31 Å². The summed E-state index contributed by atoms with van der Waals surface area (Å²) in [5.74, 6) is -0.516. The molecule has 0 N–H and O–H groups in total. The van der Waals surface area contributed by atoms with Crippen LogP contribution in [-0.2, 0) is 14.8 Å². The highest BCUT2D eigenvalue weighted by atomic mass is 32.2. The highest BCUT2D eigenvalue weighted by Gasteiger charge is 2.26. The molecule has 7 nitrogen and oxygen atoms in total. The third kappa shape index (κ3) is 5.02. The first-order valence-electron chi connectivity index (χ1n) is 9.36. The number of hydrogen-bond acceptors (Lipinski definition) is 6. The van der Waals surface area contributed by atoms with Crippen molar-refractivity contribution in [3.8, 4) is 5.75 Å². The summed E-state index contributed by atoms with van der Waals surface area (Å²) in [6.45, 7) is 0.608. The summed E-state index contributed by atoms with van der Waals surface area (Å²) in [4.78, 5) is 24.5. The molecule has 2 aromatic carbocycles. The van der Waals surface area contributed by atoms with Crippen LogP contribution in [0.15, 0.2) is 53.4 Å². The molecular weight excluding hydrogens is 394 g/mol. The van der Waals surface area contributed by atoms with Crippen molar-refractivity contribution in [1.29, 1.82) is 0 Å². The van der Waals surface area contributed by atoms with Gasteiger partial charge in [-0.3, -0.25) is 4.79 Å². The second-order valence-electron chi connectivity index (χ2n) is 6.72. The van der Waals surface area contributed by atoms with E-state index in [0.29, 0.717) is 24.4 Å². The first-order chi connectivity index (χ1) is 13.9. The molecule has 0 amide bonds. The zero-order valence-corrected chi connectivity index (χ0v) is 17.0. The molecule has 2 aromatic rings. The van der Waals surface area contributed by atoms with Crippen LogP contribution in [0.2, 0.25) is 0 Å². The lowest BCUT2D eigenvalue weighted by Crippen LogP contribution is -2.35. The minimum Gasteiger partial charge on any atom is -0.497 e. The molecule has 154 valence electrons. The van der Waals surface area contributed by atoms with Crippen molar-refractivity contribution < 1.29 is 27.5 Å².